The van der Waals surface area contributed by atoms with E-state index in [2.05, 4.69) is 21.8 Å². The first kappa shape index (κ1) is 25.2. The molecule has 2 aromatic rings. The number of nitrogens with zero attached hydrogens (tertiary/aromatic N) is 3. The van der Waals surface area contributed by atoms with Gasteiger partial charge in [0.2, 0.25) is 11.4 Å². The van der Waals surface area contributed by atoms with E-state index < -0.39 is 27.4 Å². The predicted molar refractivity (Wildman–Crippen MR) is 127 cm³/mol. The summed E-state index contributed by atoms with van der Waals surface area (Å²) in [7, 11) is -2.86. The number of guanidine groups is 2. The zero-order valence-corrected chi connectivity index (χ0v) is 19.3. The number of carboxylic acid groups (broad SMARTS) is 1. The number of nitrogens with two attached hydrogens (primary N) is 3. The number of aliphatic imine (C=N–C) groups is 2. The number of pyridine rings is 1. The molecule has 0 bridgehead atoms. The molecule has 1 aromatic carbocycles. The van der Waals surface area contributed by atoms with Crippen LogP contribution in [-0.4, -0.2) is 41.4 Å². The SMILES string of the molecule is C[n+]1ccc(-c2ccc(N=C(N)N=C(N)N)cc2C#CC2=CO[C@H](S(=O)(=O)O)[C@H](C(=O)O)C2)cc1. The fourth-order valence-corrected chi connectivity index (χ4v) is 4.09. The minimum Gasteiger partial charge on any atom is -0.481 e. The number of aromatic nitrogens is 1. The lowest BCUT2D eigenvalue weighted by Gasteiger charge is -2.24. The van der Waals surface area contributed by atoms with Gasteiger partial charge in [-0.1, -0.05) is 17.9 Å². The summed E-state index contributed by atoms with van der Waals surface area (Å²) in [5.74, 6) is 2.41. The van der Waals surface area contributed by atoms with Crippen LogP contribution in [-0.2, 0) is 26.7 Å². The number of hydrogen-bond donors (Lipinski definition) is 5. The Kier molecular flexibility index (Phi) is 7.38. The molecule has 0 amide bonds. The molecular weight excluding hydrogens is 476 g/mol. The molecule has 0 radical (unpaired) electrons. The van der Waals surface area contributed by atoms with Crippen molar-refractivity contribution >= 4 is 33.7 Å². The van der Waals surface area contributed by atoms with Gasteiger partial charge in [0.25, 0.3) is 0 Å². The molecular formula is C22H23N6O6S+. The number of carboxylic acids is 1. The summed E-state index contributed by atoms with van der Waals surface area (Å²) in [5, 5.41) is 9.38. The van der Waals surface area contributed by atoms with E-state index in [1.54, 1.807) is 18.2 Å². The highest BCUT2D eigenvalue weighted by molar-refractivity contribution is 7.86. The number of ether oxygens (including phenoxy) is 1. The van der Waals surface area contributed by atoms with Crippen molar-refractivity contribution in [3.63, 3.8) is 0 Å². The van der Waals surface area contributed by atoms with Gasteiger partial charge < -0.3 is 27.0 Å². The van der Waals surface area contributed by atoms with Crippen LogP contribution in [0.3, 0.4) is 0 Å². The first-order chi connectivity index (χ1) is 16.4. The number of hydrogen-bond acceptors (Lipinski definition) is 5. The van der Waals surface area contributed by atoms with E-state index in [1.165, 1.54) is 0 Å². The third kappa shape index (κ3) is 6.56. The van der Waals surface area contributed by atoms with Gasteiger partial charge in [0.05, 0.1) is 11.9 Å². The third-order valence-electron chi connectivity index (χ3n) is 4.86. The highest BCUT2D eigenvalue weighted by atomic mass is 32.2. The molecule has 1 aromatic heterocycles. The molecule has 0 saturated carbocycles. The lowest BCUT2D eigenvalue weighted by Crippen LogP contribution is -2.38. The van der Waals surface area contributed by atoms with Gasteiger partial charge in [0.1, 0.15) is 13.0 Å². The fraction of sp³-hybridized carbons (Fsp3) is 0.182. The summed E-state index contributed by atoms with van der Waals surface area (Å²) in [5.41, 5.74) is 17.2. The summed E-state index contributed by atoms with van der Waals surface area (Å²) >= 11 is 0. The molecule has 2 atom stereocenters. The second-order valence-corrected chi connectivity index (χ2v) is 9.04. The molecule has 0 unspecified atom stereocenters. The Labute approximate surface area is 201 Å². The Bertz CT molecular complexity index is 1400. The second-order valence-electron chi connectivity index (χ2n) is 7.55. The van der Waals surface area contributed by atoms with Gasteiger partial charge in [-0.15, -0.1) is 0 Å². The Balaban J connectivity index is 2.05. The van der Waals surface area contributed by atoms with Crippen LogP contribution >= 0.6 is 0 Å². The quantitative estimate of drug-likeness (QED) is 0.126. The van der Waals surface area contributed by atoms with Gasteiger partial charge in [0, 0.05) is 29.7 Å². The van der Waals surface area contributed by atoms with Crippen molar-refractivity contribution in [2.24, 2.45) is 40.2 Å². The topological polar surface area (TPSA) is 208 Å². The van der Waals surface area contributed by atoms with Gasteiger partial charge in [-0.3, -0.25) is 9.35 Å². The molecule has 0 saturated heterocycles. The van der Waals surface area contributed by atoms with Crippen LogP contribution in [0.15, 0.2) is 64.5 Å². The fourth-order valence-electron chi connectivity index (χ4n) is 3.26. The van der Waals surface area contributed by atoms with Crippen LogP contribution in [0.5, 0.6) is 0 Å². The standard InChI is InChI=1S/C22H22N6O6S/c1-28-8-6-14(7-9-28)17-5-4-16(26-22(25)27-21(23)24)11-15(17)3-2-13-10-18(19(29)30)20(34-12-13)35(31,32)33/h4-9,11-12,18,20H,10H2,1H3,(H7,23,24,25,27,29,30,31,32,33)/p+1/t18-,20+/m0/s1. The molecule has 2 heterocycles. The molecule has 1 aliphatic rings. The lowest BCUT2D eigenvalue weighted by molar-refractivity contribution is -0.671. The summed E-state index contributed by atoms with van der Waals surface area (Å²) in [4.78, 5) is 19.3. The van der Waals surface area contributed by atoms with Crippen LogP contribution in [0.4, 0.5) is 5.69 Å². The molecule has 0 aliphatic carbocycles. The van der Waals surface area contributed by atoms with Crippen molar-refractivity contribution in [1.82, 2.24) is 0 Å². The van der Waals surface area contributed by atoms with Crippen molar-refractivity contribution in [1.29, 1.82) is 0 Å². The maximum absolute atomic E-state index is 11.5. The highest BCUT2D eigenvalue weighted by Gasteiger charge is 2.41. The maximum atomic E-state index is 11.5. The van der Waals surface area contributed by atoms with Crippen LogP contribution in [0.25, 0.3) is 11.1 Å². The molecule has 1 aliphatic heterocycles. The zero-order valence-electron chi connectivity index (χ0n) is 18.5. The van der Waals surface area contributed by atoms with E-state index in [1.807, 2.05) is 36.1 Å². The lowest BCUT2D eigenvalue weighted by atomic mass is 9.97. The normalized spacial score (nSPS) is 17.9. The van der Waals surface area contributed by atoms with Crippen molar-refractivity contribution in [3.05, 3.63) is 60.1 Å². The Morgan fingerprint density at radius 3 is 2.46 bits per heavy atom. The summed E-state index contributed by atoms with van der Waals surface area (Å²) in [6, 6.07) is 8.89. The summed E-state index contributed by atoms with van der Waals surface area (Å²) < 4.78 is 39.0. The van der Waals surface area contributed by atoms with E-state index in [-0.39, 0.29) is 23.9 Å². The minimum absolute atomic E-state index is 0.160. The Morgan fingerprint density at radius 1 is 1.17 bits per heavy atom. The molecule has 0 spiro atoms. The minimum atomic E-state index is -4.74. The van der Waals surface area contributed by atoms with Gasteiger partial charge >= 0.3 is 16.1 Å². The molecule has 35 heavy (non-hydrogen) atoms. The molecule has 3 rings (SSSR count). The van der Waals surface area contributed by atoms with E-state index >= 15 is 0 Å². The number of aliphatic carboxylic acids is 1. The molecule has 0 fully saturated rings. The van der Waals surface area contributed by atoms with Gasteiger partial charge in [-0.05, 0) is 23.3 Å². The van der Waals surface area contributed by atoms with E-state index in [0.29, 0.717) is 11.3 Å². The number of carbonyl (C=O) groups is 1. The van der Waals surface area contributed by atoms with Crippen LogP contribution in [0.2, 0.25) is 0 Å². The second kappa shape index (κ2) is 10.2. The van der Waals surface area contributed by atoms with E-state index in [0.717, 1.165) is 17.4 Å². The Morgan fingerprint density at radius 2 is 1.86 bits per heavy atom. The van der Waals surface area contributed by atoms with Crippen molar-refractivity contribution in [2.45, 2.75) is 11.9 Å². The first-order valence-electron chi connectivity index (χ1n) is 10.0. The molecule has 8 N–H and O–H groups in total. The largest absolute Gasteiger partial charge is 0.481 e. The first-order valence-corrected chi connectivity index (χ1v) is 11.5. The number of rotatable bonds is 4. The molecule has 13 heteroatoms. The third-order valence-corrected chi connectivity index (χ3v) is 5.89. The van der Waals surface area contributed by atoms with E-state index in [9.17, 15) is 22.9 Å². The monoisotopic (exact) mass is 499 g/mol. The number of benzene rings is 1. The van der Waals surface area contributed by atoms with Crippen molar-refractivity contribution in [3.8, 4) is 23.0 Å². The highest BCUT2D eigenvalue weighted by Crippen LogP contribution is 2.29. The number of aryl methyl sites for hydroxylation is 1. The van der Waals surface area contributed by atoms with Crippen molar-refractivity contribution < 1.29 is 32.2 Å². The average Bonchev–Trinajstić information content (AvgIpc) is 2.77. The van der Waals surface area contributed by atoms with Crippen LogP contribution < -0.4 is 21.8 Å². The van der Waals surface area contributed by atoms with Crippen LogP contribution in [0.1, 0.15) is 12.0 Å². The van der Waals surface area contributed by atoms with Crippen LogP contribution in [0, 0.1) is 17.8 Å². The Hall–Kier alpha value is -4.41. The molecule has 12 nitrogen and oxygen atoms in total. The molecule has 182 valence electrons. The van der Waals surface area contributed by atoms with Gasteiger partial charge in [0.15, 0.2) is 18.4 Å². The van der Waals surface area contributed by atoms with Gasteiger partial charge in [-0.2, -0.15) is 13.4 Å². The summed E-state index contributed by atoms with van der Waals surface area (Å²) in [6.07, 6.45) is 4.50. The van der Waals surface area contributed by atoms with E-state index in [4.69, 9.17) is 21.9 Å². The van der Waals surface area contributed by atoms with Gasteiger partial charge in [-0.25, -0.2) is 9.56 Å². The van der Waals surface area contributed by atoms with Crippen molar-refractivity contribution in [2.75, 3.05) is 0 Å². The zero-order chi connectivity index (χ0) is 25.8. The predicted octanol–water partition coefficient (Wildman–Crippen LogP) is -0.0319. The average molecular weight is 500 g/mol. The maximum Gasteiger partial charge on any atom is 0.311 e. The number of allylic oxidation sites excluding steroid dienone is 1. The smallest absolute Gasteiger partial charge is 0.311 e. The summed E-state index contributed by atoms with van der Waals surface area (Å²) in [6.45, 7) is 0.